The largest absolute Gasteiger partial charge is 0.433 e. The van der Waals surface area contributed by atoms with Crippen molar-refractivity contribution in [2.24, 2.45) is 0 Å². The van der Waals surface area contributed by atoms with Crippen molar-refractivity contribution in [3.63, 3.8) is 0 Å². The number of aryl methyl sites for hydroxylation is 2. The topological polar surface area (TPSA) is 67.8 Å². The molecule has 3 aromatic rings. The van der Waals surface area contributed by atoms with Crippen LogP contribution in [0.4, 0.5) is 19.0 Å². The van der Waals surface area contributed by atoms with E-state index in [4.69, 9.17) is 0 Å². The van der Waals surface area contributed by atoms with Gasteiger partial charge in [0.15, 0.2) is 0 Å². The molecule has 0 aromatic carbocycles. The number of aromatic nitrogens is 3. The minimum Gasteiger partial charge on any atom is -0.305 e. The Hall–Kier alpha value is -3.29. The van der Waals surface area contributed by atoms with Gasteiger partial charge in [-0.3, -0.25) is 9.78 Å². The van der Waals surface area contributed by atoms with Crippen molar-refractivity contribution in [1.82, 2.24) is 15.0 Å². The van der Waals surface area contributed by atoms with Crippen LogP contribution < -0.4 is 5.32 Å². The van der Waals surface area contributed by atoms with Crippen LogP contribution in [-0.4, -0.2) is 20.9 Å². The molecule has 1 amide bonds. The number of anilines is 1. The summed E-state index contributed by atoms with van der Waals surface area (Å²) in [6.45, 7) is 3.49. The van der Waals surface area contributed by atoms with Gasteiger partial charge >= 0.3 is 6.18 Å². The van der Waals surface area contributed by atoms with Crippen LogP contribution in [0.5, 0.6) is 0 Å². The molecule has 0 saturated heterocycles. The summed E-state index contributed by atoms with van der Waals surface area (Å²) in [4.78, 5) is 24.0. The number of nitrogens with one attached hydrogen (secondary N) is 1. The molecule has 0 unspecified atom stereocenters. The van der Waals surface area contributed by atoms with E-state index < -0.39 is 17.8 Å². The molecule has 0 atom stereocenters. The molecule has 0 bridgehead atoms. The van der Waals surface area contributed by atoms with Crippen molar-refractivity contribution >= 4 is 11.7 Å². The molecular formula is C19H15F3N4O. The summed E-state index contributed by atoms with van der Waals surface area (Å²) in [5.41, 5.74) is 0.600. The second kappa shape index (κ2) is 7.14. The van der Waals surface area contributed by atoms with Gasteiger partial charge in [0.2, 0.25) is 0 Å². The predicted octanol–water partition coefficient (Wildman–Crippen LogP) is 4.43. The lowest BCUT2D eigenvalue weighted by Crippen LogP contribution is -2.18. The smallest absolute Gasteiger partial charge is 0.305 e. The second-order valence-corrected chi connectivity index (χ2v) is 5.93. The Labute approximate surface area is 153 Å². The van der Waals surface area contributed by atoms with Gasteiger partial charge in [0.05, 0.1) is 0 Å². The van der Waals surface area contributed by atoms with Gasteiger partial charge in [-0.15, -0.1) is 0 Å². The highest BCUT2D eigenvalue weighted by Crippen LogP contribution is 2.32. The van der Waals surface area contributed by atoms with Gasteiger partial charge in [-0.1, -0.05) is 6.07 Å². The number of hydrogen-bond donors (Lipinski definition) is 1. The van der Waals surface area contributed by atoms with Gasteiger partial charge < -0.3 is 5.32 Å². The van der Waals surface area contributed by atoms with Crippen molar-refractivity contribution in [3.05, 3.63) is 71.4 Å². The number of pyridine rings is 3. The van der Waals surface area contributed by atoms with E-state index in [1.54, 1.807) is 44.3 Å². The van der Waals surface area contributed by atoms with Crippen molar-refractivity contribution < 1.29 is 18.0 Å². The maximum absolute atomic E-state index is 13.3. The lowest BCUT2D eigenvalue weighted by Gasteiger charge is -2.12. The molecule has 0 saturated carbocycles. The summed E-state index contributed by atoms with van der Waals surface area (Å²) in [6.07, 6.45) is -1.70. The Balaban J connectivity index is 2.05. The van der Waals surface area contributed by atoms with Crippen LogP contribution in [0.15, 0.2) is 48.8 Å². The highest BCUT2D eigenvalue weighted by atomic mass is 19.4. The second-order valence-electron chi connectivity index (χ2n) is 5.93. The molecule has 0 radical (unpaired) electrons. The number of alkyl halides is 3. The Morgan fingerprint density at radius 2 is 1.85 bits per heavy atom. The first-order valence-corrected chi connectivity index (χ1v) is 7.99. The summed E-state index contributed by atoms with van der Waals surface area (Å²) in [5.74, 6) is -0.541. The van der Waals surface area contributed by atoms with Crippen LogP contribution in [0, 0.1) is 13.8 Å². The molecule has 1 N–H and O–H groups in total. The third-order valence-electron chi connectivity index (χ3n) is 3.83. The normalized spacial score (nSPS) is 11.3. The van der Waals surface area contributed by atoms with E-state index in [1.807, 2.05) is 0 Å². The molecule has 138 valence electrons. The molecule has 0 aliphatic heterocycles. The third kappa shape index (κ3) is 4.28. The first-order chi connectivity index (χ1) is 12.7. The van der Waals surface area contributed by atoms with E-state index in [0.717, 1.165) is 11.6 Å². The quantitative estimate of drug-likeness (QED) is 0.739. The Kier molecular flexibility index (Phi) is 4.89. The Morgan fingerprint density at radius 1 is 1.07 bits per heavy atom. The van der Waals surface area contributed by atoms with E-state index >= 15 is 0 Å². The van der Waals surface area contributed by atoms with Gasteiger partial charge in [0, 0.05) is 23.7 Å². The average Bonchev–Trinajstić information content (AvgIpc) is 2.61. The summed E-state index contributed by atoms with van der Waals surface area (Å²) in [6, 6.07) is 8.86. The fourth-order valence-electron chi connectivity index (χ4n) is 2.51. The summed E-state index contributed by atoms with van der Waals surface area (Å²) >= 11 is 0. The van der Waals surface area contributed by atoms with E-state index in [0.29, 0.717) is 11.3 Å². The summed E-state index contributed by atoms with van der Waals surface area (Å²) < 4.78 is 39.9. The van der Waals surface area contributed by atoms with E-state index in [2.05, 4.69) is 20.3 Å². The lowest BCUT2D eigenvalue weighted by atomic mass is 10.0. The van der Waals surface area contributed by atoms with Crippen LogP contribution in [0.2, 0.25) is 0 Å². The van der Waals surface area contributed by atoms with Crippen LogP contribution in [0.3, 0.4) is 0 Å². The molecule has 0 spiro atoms. The molecule has 8 heteroatoms. The first kappa shape index (κ1) is 18.5. The zero-order valence-corrected chi connectivity index (χ0v) is 14.5. The SMILES string of the molecule is Cc1cccc(NC(=O)c2cc(-c3cnccc3C)cc(C(F)(F)F)n2)n1. The maximum Gasteiger partial charge on any atom is 0.433 e. The summed E-state index contributed by atoms with van der Waals surface area (Å²) in [7, 11) is 0. The highest BCUT2D eigenvalue weighted by Gasteiger charge is 2.34. The molecule has 3 heterocycles. The fraction of sp³-hybridized carbons (Fsp3) is 0.158. The molecule has 3 aromatic heterocycles. The number of rotatable bonds is 3. The number of halogens is 3. The molecule has 0 aliphatic carbocycles. The predicted molar refractivity (Wildman–Crippen MR) is 94.1 cm³/mol. The Morgan fingerprint density at radius 3 is 2.52 bits per heavy atom. The molecule has 5 nitrogen and oxygen atoms in total. The summed E-state index contributed by atoms with van der Waals surface area (Å²) in [5, 5.41) is 2.48. The van der Waals surface area contributed by atoms with Crippen LogP contribution in [0.25, 0.3) is 11.1 Å². The van der Waals surface area contributed by atoms with Gasteiger partial charge in [-0.05, 0) is 55.3 Å². The molecule has 0 aliphatic rings. The van der Waals surface area contributed by atoms with Gasteiger partial charge in [0.25, 0.3) is 5.91 Å². The molecule has 0 fully saturated rings. The number of nitrogens with zero attached hydrogens (tertiary/aromatic N) is 3. The molecular weight excluding hydrogens is 357 g/mol. The van der Waals surface area contributed by atoms with Crippen molar-refractivity contribution in [2.75, 3.05) is 5.32 Å². The van der Waals surface area contributed by atoms with Crippen LogP contribution in [0.1, 0.15) is 27.4 Å². The van der Waals surface area contributed by atoms with Crippen LogP contribution in [-0.2, 0) is 6.18 Å². The number of amides is 1. The van der Waals surface area contributed by atoms with Crippen molar-refractivity contribution in [2.45, 2.75) is 20.0 Å². The maximum atomic E-state index is 13.3. The van der Waals surface area contributed by atoms with E-state index in [-0.39, 0.29) is 17.1 Å². The standard InChI is InChI=1S/C19H15F3N4O/c1-11-6-7-23-10-14(11)13-8-15(25-16(9-13)19(20,21)22)18(27)26-17-5-3-4-12(2)24-17/h3-10H,1-2H3,(H,24,26,27). The minimum absolute atomic E-state index is 0.213. The number of hydrogen-bond acceptors (Lipinski definition) is 4. The fourth-order valence-corrected chi connectivity index (χ4v) is 2.51. The average molecular weight is 372 g/mol. The lowest BCUT2D eigenvalue weighted by molar-refractivity contribution is -0.141. The van der Waals surface area contributed by atoms with E-state index in [1.165, 1.54) is 12.3 Å². The highest BCUT2D eigenvalue weighted by molar-refractivity contribution is 6.03. The third-order valence-corrected chi connectivity index (χ3v) is 3.83. The van der Waals surface area contributed by atoms with Gasteiger partial charge in [-0.25, -0.2) is 9.97 Å². The first-order valence-electron chi connectivity index (χ1n) is 7.99. The Bertz CT molecular complexity index is 1000. The molecule has 27 heavy (non-hydrogen) atoms. The van der Waals surface area contributed by atoms with Crippen molar-refractivity contribution in [1.29, 1.82) is 0 Å². The van der Waals surface area contributed by atoms with E-state index in [9.17, 15) is 18.0 Å². The van der Waals surface area contributed by atoms with Gasteiger partial charge in [0.1, 0.15) is 17.2 Å². The number of carbonyl (C=O) groups excluding carboxylic acids is 1. The monoisotopic (exact) mass is 372 g/mol. The minimum atomic E-state index is -4.69. The van der Waals surface area contributed by atoms with Gasteiger partial charge in [-0.2, -0.15) is 13.2 Å². The van der Waals surface area contributed by atoms with Crippen molar-refractivity contribution in [3.8, 4) is 11.1 Å². The number of carbonyl (C=O) groups is 1. The molecule has 3 rings (SSSR count). The van der Waals surface area contributed by atoms with Crippen LogP contribution >= 0.6 is 0 Å². The zero-order chi connectivity index (χ0) is 19.6. The zero-order valence-electron chi connectivity index (χ0n) is 14.5.